The summed E-state index contributed by atoms with van der Waals surface area (Å²) in [6, 6.07) is 18.7. The second kappa shape index (κ2) is 5.83. The summed E-state index contributed by atoms with van der Waals surface area (Å²) in [5.41, 5.74) is 4.49. The zero-order valence-corrected chi connectivity index (χ0v) is 12.4. The van der Waals surface area contributed by atoms with Gasteiger partial charge in [0.05, 0.1) is 5.69 Å². The van der Waals surface area contributed by atoms with Crippen LogP contribution < -0.4 is 5.32 Å². The number of nitrogens with one attached hydrogen (secondary N) is 1. The van der Waals surface area contributed by atoms with E-state index in [1.54, 1.807) is 0 Å². The molecule has 0 fully saturated rings. The first kappa shape index (κ1) is 13.4. The molecule has 1 N–H and O–H groups in total. The molecule has 21 heavy (non-hydrogen) atoms. The quantitative estimate of drug-likeness (QED) is 0.761. The summed E-state index contributed by atoms with van der Waals surface area (Å²) in [5, 5.41) is 3.37. The molecule has 1 heterocycles. The predicted molar refractivity (Wildman–Crippen MR) is 87.4 cm³/mol. The van der Waals surface area contributed by atoms with E-state index in [1.165, 1.54) is 5.56 Å². The molecule has 0 aliphatic rings. The summed E-state index contributed by atoms with van der Waals surface area (Å²) < 4.78 is 2.09. The van der Waals surface area contributed by atoms with Crippen LogP contribution in [0.3, 0.4) is 0 Å². The molecule has 106 valence electrons. The Bertz CT molecular complexity index is 712. The molecule has 0 saturated carbocycles. The Labute approximate surface area is 125 Å². The predicted octanol–water partition coefficient (Wildman–Crippen LogP) is 4.49. The third-order valence-electron chi connectivity index (χ3n) is 3.48. The van der Waals surface area contributed by atoms with Crippen molar-refractivity contribution in [2.24, 2.45) is 0 Å². The molecule has 2 aromatic carbocycles. The SMILES string of the molecule is CCc1ccc(-n2cc(C)nc2Nc2ccccc2)cc1. The van der Waals surface area contributed by atoms with Gasteiger partial charge >= 0.3 is 0 Å². The van der Waals surface area contributed by atoms with E-state index in [2.05, 4.69) is 46.1 Å². The number of hydrogen-bond donors (Lipinski definition) is 1. The van der Waals surface area contributed by atoms with E-state index >= 15 is 0 Å². The molecule has 1 aromatic heterocycles. The Morgan fingerprint density at radius 3 is 2.38 bits per heavy atom. The minimum atomic E-state index is 0.836. The second-order valence-corrected chi connectivity index (χ2v) is 5.09. The first-order chi connectivity index (χ1) is 10.3. The van der Waals surface area contributed by atoms with Crippen LogP contribution in [0.25, 0.3) is 5.69 Å². The van der Waals surface area contributed by atoms with Crippen molar-refractivity contribution in [3.63, 3.8) is 0 Å². The maximum atomic E-state index is 4.58. The second-order valence-electron chi connectivity index (χ2n) is 5.09. The fourth-order valence-corrected chi connectivity index (χ4v) is 2.33. The maximum absolute atomic E-state index is 4.58. The Balaban J connectivity index is 1.95. The van der Waals surface area contributed by atoms with Crippen molar-refractivity contribution in [1.82, 2.24) is 9.55 Å². The molecule has 0 aliphatic carbocycles. The van der Waals surface area contributed by atoms with Crippen molar-refractivity contribution in [2.45, 2.75) is 20.3 Å². The van der Waals surface area contributed by atoms with Crippen molar-refractivity contribution in [1.29, 1.82) is 0 Å². The summed E-state index contributed by atoms with van der Waals surface area (Å²) in [7, 11) is 0. The number of nitrogens with zero attached hydrogens (tertiary/aromatic N) is 2. The van der Waals surface area contributed by atoms with Crippen molar-refractivity contribution >= 4 is 11.6 Å². The van der Waals surface area contributed by atoms with Crippen LogP contribution >= 0.6 is 0 Å². The van der Waals surface area contributed by atoms with Gasteiger partial charge in [-0.05, 0) is 43.2 Å². The van der Waals surface area contributed by atoms with E-state index in [4.69, 9.17) is 0 Å². The number of para-hydroxylation sites is 1. The highest BCUT2D eigenvalue weighted by Crippen LogP contribution is 2.21. The van der Waals surface area contributed by atoms with Crippen LogP contribution in [0.4, 0.5) is 11.6 Å². The van der Waals surface area contributed by atoms with E-state index in [9.17, 15) is 0 Å². The number of imidazole rings is 1. The standard InChI is InChI=1S/C18H19N3/c1-3-15-9-11-17(12-10-15)21-13-14(2)19-18(21)20-16-7-5-4-6-8-16/h4-13H,3H2,1-2H3,(H,19,20). The molecule has 3 rings (SSSR count). The molecular weight excluding hydrogens is 258 g/mol. The van der Waals surface area contributed by atoms with Crippen LogP contribution in [0.2, 0.25) is 0 Å². The zero-order chi connectivity index (χ0) is 14.7. The van der Waals surface area contributed by atoms with Crippen molar-refractivity contribution in [3.05, 3.63) is 72.1 Å². The van der Waals surface area contributed by atoms with Gasteiger partial charge in [-0.2, -0.15) is 0 Å². The average Bonchev–Trinajstić information content (AvgIpc) is 2.89. The lowest BCUT2D eigenvalue weighted by Crippen LogP contribution is -2.01. The maximum Gasteiger partial charge on any atom is 0.212 e. The number of benzene rings is 2. The lowest BCUT2D eigenvalue weighted by Gasteiger charge is -2.10. The summed E-state index contributed by atoms with van der Waals surface area (Å²) >= 11 is 0. The van der Waals surface area contributed by atoms with Gasteiger partial charge in [0.1, 0.15) is 0 Å². The Morgan fingerprint density at radius 2 is 1.71 bits per heavy atom. The number of aryl methyl sites for hydroxylation is 2. The van der Waals surface area contributed by atoms with E-state index < -0.39 is 0 Å². The van der Waals surface area contributed by atoms with Crippen LogP contribution in [0.15, 0.2) is 60.8 Å². The Hall–Kier alpha value is -2.55. The minimum Gasteiger partial charge on any atom is -0.325 e. The summed E-state index contributed by atoms with van der Waals surface area (Å²) in [6.45, 7) is 4.17. The van der Waals surface area contributed by atoms with Crippen molar-refractivity contribution in [3.8, 4) is 5.69 Å². The minimum absolute atomic E-state index is 0.836. The van der Waals surface area contributed by atoms with Crippen LogP contribution in [0.1, 0.15) is 18.2 Å². The fourth-order valence-electron chi connectivity index (χ4n) is 2.33. The number of hydrogen-bond acceptors (Lipinski definition) is 2. The molecular formula is C18H19N3. The summed E-state index contributed by atoms with van der Waals surface area (Å²) in [6.07, 6.45) is 3.10. The van der Waals surface area contributed by atoms with Gasteiger partial charge in [0.2, 0.25) is 5.95 Å². The van der Waals surface area contributed by atoms with Gasteiger partial charge in [0, 0.05) is 17.6 Å². The first-order valence-electron chi connectivity index (χ1n) is 7.23. The number of aromatic nitrogens is 2. The third-order valence-corrected chi connectivity index (χ3v) is 3.48. The van der Waals surface area contributed by atoms with Gasteiger partial charge < -0.3 is 5.32 Å². The number of anilines is 2. The normalized spacial score (nSPS) is 10.6. The van der Waals surface area contributed by atoms with Gasteiger partial charge in [-0.1, -0.05) is 37.3 Å². The molecule has 0 saturated heterocycles. The van der Waals surface area contributed by atoms with Crippen LogP contribution in [-0.4, -0.2) is 9.55 Å². The van der Waals surface area contributed by atoms with E-state index in [1.807, 2.05) is 43.5 Å². The average molecular weight is 277 g/mol. The van der Waals surface area contributed by atoms with E-state index in [0.29, 0.717) is 0 Å². The molecule has 3 nitrogen and oxygen atoms in total. The first-order valence-corrected chi connectivity index (χ1v) is 7.23. The lowest BCUT2D eigenvalue weighted by atomic mass is 10.1. The van der Waals surface area contributed by atoms with Crippen molar-refractivity contribution < 1.29 is 0 Å². The molecule has 3 heteroatoms. The van der Waals surface area contributed by atoms with E-state index in [0.717, 1.165) is 29.4 Å². The molecule has 0 atom stereocenters. The topological polar surface area (TPSA) is 29.9 Å². The molecule has 0 radical (unpaired) electrons. The van der Waals surface area contributed by atoms with Crippen LogP contribution in [-0.2, 0) is 6.42 Å². The van der Waals surface area contributed by atoms with Gasteiger partial charge in [-0.3, -0.25) is 4.57 Å². The van der Waals surface area contributed by atoms with Gasteiger partial charge in [-0.25, -0.2) is 4.98 Å². The lowest BCUT2D eigenvalue weighted by molar-refractivity contribution is 1.05. The summed E-state index contributed by atoms with van der Waals surface area (Å²) in [4.78, 5) is 4.58. The highest BCUT2D eigenvalue weighted by molar-refractivity contribution is 5.56. The van der Waals surface area contributed by atoms with Gasteiger partial charge in [0.25, 0.3) is 0 Å². The highest BCUT2D eigenvalue weighted by Gasteiger charge is 2.07. The fraction of sp³-hybridized carbons (Fsp3) is 0.167. The highest BCUT2D eigenvalue weighted by atomic mass is 15.2. The Kier molecular flexibility index (Phi) is 3.73. The molecule has 3 aromatic rings. The molecule has 0 unspecified atom stereocenters. The molecule has 0 spiro atoms. The monoisotopic (exact) mass is 277 g/mol. The van der Waals surface area contributed by atoms with Gasteiger partial charge in [0.15, 0.2) is 0 Å². The Morgan fingerprint density at radius 1 is 1.00 bits per heavy atom. The van der Waals surface area contributed by atoms with Gasteiger partial charge in [-0.15, -0.1) is 0 Å². The van der Waals surface area contributed by atoms with Crippen LogP contribution in [0.5, 0.6) is 0 Å². The summed E-state index contributed by atoms with van der Waals surface area (Å²) in [5.74, 6) is 0.836. The molecule has 0 amide bonds. The zero-order valence-electron chi connectivity index (χ0n) is 12.4. The van der Waals surface area contributed by atoms with Crippen LogP contribution in [0, 0.1) is 6.92 Å². The third kappa shape index (κ3) is 2.97. The molecule has 0 aliphatic heterocycles. The smallest absolute Gasteiger partial charge is 0.212 e. The number of rotatable bonds is 4. The van der Waals surface area contributed by atoms with E-state index in [-0.39, 0.29) is 0 Å². The largest absolute Gasteiger partial charge is 0.325 e. The molecule has 0 bridgehead atoms. The van der Waals surface area contributed by atoms with Crippen molar-refractivity contribution in [2.75, 3.05) is 5.32 Å².